The number of aryl methyl sites for hydroxylation is 1. The van der Waals surface area contributed by atoms with Gasteiger partial charge in [0, 0.05) is 4.43 Å². The van der Waals surface area contributed by atoms with Crippen LogP contribution in [-0.4, -0.2) is 5.11 Å². The van der Waals surface area contributed by atoms with Gasteiger partial charge in [-0.2, -0.15) is 0 Å². The Labute approximate surface area is 93.3 Å². The van der Waals surface area contributed by atoms with Gasteiger partial charge < -0.3 is 5.11 Å². The minimum absolute atomic E-state index is 0.390. The maximum absolute atomic E-state index is 9.79. The maximum atomic E-state index is 9.79. The lowest BCUT2D eigenvalue weighted by Crippen LogP contribution is -1.92. The Bertz CT molecular complexity index is 305. The number of rotatable bonds is 2. The summed E-state index contributed by atoms with van der Waals surface area (Å²) in [6, 6.07) is 4.15. The van der Waals surface area contributed by atoms with Gasteiger partial charge in [0.05, 0.1) is 0 Å². The largest absolute Gasteiger partial charge is 0.507 e. The van der Waals surface area contributed by atoms with E-state index in [-0.39, 0.29) is 0 Å². The quantitative estimate of drug-likeness (QED) is 0.649. The van der Waals surface area contributed by atoms with Gasteiger partial charge >= 0.3 is 0 Å². The maximum Gasteiger partial charge on any atom is 0.121 e. The van der Waals surface area contributed by atoms with Crippen LogP contribution in [0.5, 0.6) is 5.75 Å². The molecule has 1 aromatic rings. The minimum Gasteiger partial charge on any atom is -0.507 e. The molecule has 13 heavy (non-hydrogen) atoms. The average molecular weight is 290 g/mol. The standard InChI is InChI=1S/C11H15IO/c1-7(2)10-5-9(6-12)4-8(3)11(10)13/h4-5,7,13H,6H2,1-3H3. The first-order chi connectivity index (χ1) is 6.06. The molecule has 0 atom stereocenters. The van der Waals surface area contributed by atoms with Gasteiger partial charge in [-0.3, -0.25) is 0 Å². The number of hydrogen-bond donors (Lipinski definition) is 1. The highest BCUT2D eigenvalue weighted by atomic mass is 127. The van der Waals surface area contributed by atoms with Crippen molar-refractivity contribution in [3.8, 4) is 5.75 Å². The molecule has 0 unspecified atom stereocenters. The third kappa shape index (κ3) is 2.36. The lowest BCUT2D eigenvalue weighted by molar-refractivity contribution is 0.460. The molecule has 2 heteroatoms. The summed E-state index contributed by atoms with van der Waals surface area (Å²) >= 11 is 2.34. The van der Waals surface area contributed by atoms with E-state index in [1.165, 1.54) is 5.56 Å². The van der Waals surface area contributed by atoms with E-state index in [2.05, 4.69) is 42.5 Å². The smallest absolute Gasteiger partial charge is 0.121 e. The molecule has 0 radical (unpaired) electrons. The number of halogens is 1. The van der Waals surface area contributed by atoms with Crippen molar-refractivity contribution >= 4 is 22.6 Å². The second kappa shape index (κ2) is 4.31. The molecule has 0 amide bonds. The van der Waals surface area contributed by atoms with E-state index >= 15 is 0 Å². The van der Waals surface area contributed by atoms with Gasteiger partial charge in [-0.1, -0.05) is 48.6 Å². The topological polar surface area (TPSA) is 20.2 Å². The Morgan fingerprint density at radius 2 is 2.00 bits per heavy atom. The fourth-order valence-electron chi connectivity index (χ4n) is 1.40. The predicted octanol–water partition coefficient (Wildman–Crippen LogP) is 3.76. The fourth-order valence-corrected chi connectivity index (χ4v) is 1.84. The van der Waals surface area contributed by atoms with E-state index in [4.69, 9.17) is 0 Å². The number of phenols is 1. The molecule has 1 N–H and O–H groups in total. The van der Waals surface area contributed by atoms with Gasteiger partial charge in [0.15, 0.2) is 0 Å². The van der Waals surface area contributed by atoms with Crippen molar-refractivity contribution in [2.24, 2.45) is 0 Å². The van der Waals surface area contributed by atoms with Crippen LogP contribution in [0.2, 0.25) is 0 Å². The Morgan fingerprint density at radius 1 is 1.38 bits per heavy atom. The van der Waals surface area contributed by atoms with Gasteiger partial charge in [-0.15, -0.1) is 0 Å². The van der Waals surface area contributed by atoms with Crippen LogP contribution in [0.4, 0.5) is 0 Å². The molecule has 1 aromatic carbocycles. The van der Waals surface area contributed by atoms with Gasteiger partial charge in [-0.05, 0) is 29.5 Å². The van der Waals surface area contributed by atoms with E-state index in [0.717, 1.165) is 15.6 Å². The summed E-state index contributed by atoms with van der Waals surface area (Å²) in [6.45, 7) is 6.16. The van der Waals surface area contributed by atoms with Gasteiger partial charge in [-0.25, -0.2) is 0 Å². The molecule has 0 aliphatic carbocycles. The first kappa shape index (κ1) is 10.8. The fraction of sp³-hybridized carbons (Fsp3) is 0.455. The van der Waals surface area contributed by atoms with Crippen LogP contribution < -0.4 is 0 Å². The zero-order valence-corrected chi connectivity index (χ0v) is 10.4. The molecule has 1 rings (SSSR count). The summed E-state index contributed by atoms with van der Waals surface area (Å²) in [4.78, 5) is 0. The minimum atomic E-state index is 0.390. The van der Waals surface area contributed by atoms with Gasteiger partial charge in [0.2, 0.25) is 0 Å². The van der Waals surface area contributed by atoms with Gasteiger partial charge in [0.25, 0.3) is 0 Å². The zero-order valence-electron chi connectivity index (χ0n) is 8.26. The van der Waals surface area contributed by atoms with Gasteiger partial charge in [0.1, 0.15) is 5.75 Å². The van der Waals surface area contributed by atoms with Crippen molar-refractivity contribution in [3.05, 3.63) is 28.8 Å². The summed E-state index contributed by atoms with van der Waals surface area (Å²) in [5.41, 5.74) is 3.34. The first-order valence-electron chi connectivity index (χ1n) is 4.44. The van der Waals surface area contributed by atoms with Crippen molar-refractivity contribution in [1.29, 1.82) is 0 Å². The highest BCUT2D eigenvalue weighted by Crippen LogP contribution is 2.30. The number of alkyl halides is 1. The summed E-state index contributed by atoms with van der Waals surface area (Å²) in [7, 11) is 0. The Hall–Kier alpha value is -0.250. The predicted molar refractivity (Wildman–Crippen MR) is 64.7 cm³/mol. The highest BCUT2D eigenvalue weighted by molar-refractivity contribution is 14.1. The molecule has 0 spiro atoms. The van der Waals surface area contributed by atoms with Crippen molar-refractivity contribution in [2.45, 2.75) is 31.1 Å². The third-order valence-corrected chi connectivity index (χ3v) is 3.05. The monoisotopic (exact) mass is 290 g/mol. The molecule has 0 fully saturated rings. The Kier molecular flexibility index (Phi) is 3.59. The number of hydrogen-bond acceptors (Lipinski definition) is 1. The molecule has 0 aliphatic heterocycles. The van der Waals surface area contributed by atoms with E-state index in [0.29, 0.717) is 11.7 Å². The molecule has 0 aliphatic rings. The molecule has 0 saturated heterocycles. The van der Waals surface area contributed by atoms with Crippen molar-refractivity contribution in [1.82, 2.24) is 0 Å². The van der Waals surface area contributed by atoms with Crippen LogP contribution in [0.15, 0.2) is 12.1 Å². The molecule has 0 aromatic heterocycles. The summed E-state index contributed by atoms with van der Waals surface area (Å²) in [6.07, 6.45) is 0. The van der Waals surface area contributed by atoms with E-state index < -0.39 is 0 Å². The lowest BCUT2D eigenvalue weighted by Gasteiger charge is -2.12. The van der Waals surface area contributed by atoms with Crippen molar-refractivity contribution in [2.75, 3.05) is 0 Å². The second-order valence-corrected chi connectivity index (χ2v) is 4.40. The molecule has 0 saturated carbocycles. The van der Waals surface area contributed by atoms with Crippen LogP contribution >= 0.6 is 22.6 Å². The van der Waals surface area contributed by atoms with E-state index in [9.17, 15) is 5.11 Å². The summed E-state index contributed by atoms with van der Waals surface area (Å²) in [5.74, 6) is 0.852. The SMILES string of the molecule is Cc1cc(CI)cc(C(C)C)c1O. The first-order valence-corrected chi connectivity index (χ1v) is 5.97. The Balaban J connectivity index is 3.25. The van der Waals surface area contributed by atoms with Crippen molar-refractivity contribution in [3.63, 3.8) is 0 Å². The average Bonchev–Trinajstić information content (AvgIpc) is 2.09. The normalized spacial score (nSPS) is 10.8. The van der Waals surface area contributed by atoms with E-state index in [1.807, 2.05) is 13.0 Å². The van der Waals surface area contributed by atoms with Crippen LogP contribution in [0.1, 0.15) is 36.5 Å². The number of benzene rings is 1. The van der Waals surface area contributed by atoms with Crippen molar-refractivity contribution < 1.29 is 5.11 Å². The molecule has 0 heterocycles. The zero-order chi connectivity index (χ0) is 10.0. The molecule has 1 nitrogen and oxygen atoms in total. The molecule has 72 valence electrons. The van der Waals surface area contributed by atoms with Crippen LogP contribution in [0.3, 0.4) is 0 Å². The lowest BCUT2D eigenvalue weighted by atomic mass is 9.97. The van der Waals surface area contributed by atoms with Crippen LogP contribution in [0.25, 0.3) is 0 Å². The second-order valence-electron chi connectivity index (χ2n) is 3.64. The molecule has 0 bridgehead atoms. The highest BCUT2D eigenvalue weighted by Gasteiger charge is 2.09. The Morgan fingerprint density at radius 3 is 2.46 bits per heavy atom. The number of aromatic hydroxyl groups is 1. The van der Waals surface area contributed by atoms with E-state index in [1.54, 1.807) is 0 Å². The summed E-state index contributed by atoms with van der Waals surface area (Å²) in [5, 5.41) is 9.79. The van der Waals surface area contributed by atoms with Crippen LogP contribution in [0, 0.1) is 6.92 Å². The third-order valence-electron chi connectivity index (χ3n) is 2.17. The number of phenolic OH excluding ortho intramolecular Hbond substituents is 1. The summed E-state index contributed by atoms with van der Waals surface area (Å²) < 4.78 is 0.999. The molecular weight excluding hydrogens is 275 g/mol. The molecular formula is C11H15IO. The van der Waals surface area contributed by atoms with Crippen LogP contribution in [-0.2, 0) is 4.43 Å².